The SMILES string of the molecule is Cc1ccc(S(=O)(=O)Nc2cccc(NC(=O)OC(C)(C)C)c2)cc1. The van der Waals surface area contributed by atoms with E-state index in [4.69, 9.17) is 4.74 Å². The normalized spacial score (nSPS) is 11.7. The van der Waals surface area contributed by atoms with E-state index in [-0.39, 0.29) is 4.90 Å². The van der Waals surface area contributed by atoms with E-state index >= 15 is 0 Å². The Bertz CT molecular complexity index is 853. The van der Waals surface area contributed by atoms with Gasteiger partial charge in [-0.2, -0.15) is 0 Å². The summed E-state index contributed by atoms with van der Waals surface area (Å²) in [4.78, 5) is 12.0. The first-order valence-electron chi connectivity index (χ1n) is 7.75. The van der Waals surface area contributed by atoms with Crippen LogP contribution in [0.15, 0.2) is 53.4 Å². The second kappa shape index (κ2) is 7.14. The van der Waals surface area contributed by atoms with Crippen molar-refractivity contribution in [1.82, 2.24) is 0 Å². The Balaban J connectivity index is 2.13. The minimum atomic E-state index is -3.70. The number of hydrogen-bond donors (Lipinski definition) is 2. The summed E-state index contributed by atoms with van der Waals surface area (Å²) >= 11 is 0. The molecule has 0 heterocycles. The van der Waals surface area contributed by atoms with Crippen molar-refractivity contribution >= 4 is 27.5 Å². The minimum absolute atomic E-state index is 0.170. The van der Waals surface area contributed by atoms with E-state index in [1.54, 1.807) is 63.2 Å². The van der Waals surface area contributed by atoms with E-state index in [0.29, 0.717) is 11.4 Å². The maximum absolute atomic E-state index is 12.4. The summed E-state index contributed by atoms with van der Waals surface area (Å²) in [6.45, 7) is 7.17. The molecule has 2 N–H and O–H groups in total. The number of benzene rings is 2. The van der Waals surface area contributed by atoms with Crippen molar-refractivity contribution < 1.29 is 17.9 Å². The van der Waals surface area contributed by atoms with E-state index in [9.17, 15) is 13.2 Å². The third kappa shape index (κ3) is 5.79. The third-order valence-electron chi connectivity index (χ3n) is 3.09. The molecule has 0 bridgehead atoms. The van der Waals surface area contributed by atoms with Crippen molar-refractivity contribution in [2.24, 2.45) is 0 Å². The van der Waals surface area contributed by atoms with Crippen LogP contribution in [-0.2, 0) is 14.8 Å². The topological polar surface area (TPSA) is 84.5 Å². The van der Waals surface area contributed by atoms with Crippen molar-refractivity contribution in [3.8, 4) is 0 Å². The van der Waals surface area contributed by atoms with Gasteiger partial charge in [0.15, 0.2) is 0 Å². The maximum Gasteiger partial charge on any atom is 0.412 e. The van der Waals surface area contributed by atoms with Crippen LogP contribution in [-0.4, -0.2) is 20.1 Å². The van der Waals surface area contributed by atoms with Crippen molar-refractivity contribution in [3.63, 3.8) is 0 Å². The number of sulfonamides is 1. The van der Waals surface area contributed by atoms with E-state index in [0.717, 1.165) is 5.56 Å². The first kappa shape index (κ1) is 18.8. The highest BCUT2D eigenvalue weighted by Crippen LogP contribution is 2.20. The highest BCUT2D eigenvalue weighted by molar-refractivity contribution is 7.92. The molecule has 0 saturated carbocycles. The quantitative estimate of drug-likeness (QED) is 0.856. The molecular formula is C18H22N2O4S. The molecule has 134 valence electrons. The average molecular weight is 362 g/mol. The molecule has 2 rings (SSSR count). The lowest BCUT2D eigenvalue weighted by Crippen LogP contribution is -2.27. The zero-order valence-corrected chi connectivity index (χ0v) is 15.5. The molecule has 0 aliphatic carbocycles. The number of ether oxygens (including phenoxy) is 1. The fourth-order valence-corrected chi connectivity index (χ4v) is 3.06. The van der Waals surface area contributed by atoms with Crippen LogP contribution in [0.3, 0.4) is 0 Å². The van der Waals surface area contributed by atoms with Crippen LogP contribution in [0.1, 0.15) is 26.3 Å². The Labute approximate surface area is 148 Å². The zero-order chi connectivity index (χ0) is 18.7. The molecule has 0 spiro atoms. The Kier molecular flexibility index (Phi) is 5.37. The van der Waals surface area contributed by atoms with Crippen LogP contribution in [0.25, 0.3) is 0 Å². The summed E-state index contributed by atoms with van der Waals surface area (Å²) in [6.07, 6.45) is -0.606. The monoisotopic (exact) mass is 362 g/mol. The summed E-state index contributed by atoms with van der Waals surface area (Å²) in [6, 6.07) is 13.0. The molecule has 0 unspecified atom stereocenters. The van der Waals surface area contributed by atoms with Gasteiger partial charge in [-0.05, 0) is 58.0 Å². The fraction of sp³-hybridized carbons (Fsp3) is 0.278. The van der Waals surface area contributed by atoms with Crippen molar-refractivity contribution in [2.45, 2.75) is 38.2 Å². The predicted molar refractivity (Wildman–Crippen MR) is 98.3 cm³/mol. The molecule has 0 aliphatic rings. The molecule has 6 nitrogen and oxygen atoms in total. The van der Waals surface area contributed by atoms with Gasteiger partial charge in [0.05, 0.1) is 10.6 Å². The van der Waals surface area contributed by atoms with Gasteiger partial charge in [0, 0.05) is 5.69 Å². The van der Waals surface area contributed by atoms with Gasteiger partial charge in [0.25, 0.3) is 10.0 Å². The minimum Gasteiger partial charge on any atom is -0.444 e. The number of carbonyl (C=O) groups is 1. The van der Waals surface area contributed by atoms with Crippen LogP contribution in [0.2, 0.25) is 0 Å². The molecule has 25 heavy (non-hydrogen) atoms. The number of aryl methyl sites for hydroxylation is 1. The number of carbonyl (C=O) groups excluding carboxylic acids is 1. The highest BCUT2D eigenvalue weighted by atomic mass is 32.2. The molecule has 0 fully saturated rings. The van der Waals surface area contributed by atoms with Crippen LogP contribution in [0, 0.1) is 6.92 Å². The van der Waals surface area contributed by atoms with Crippen LogP contribution >= 0.6 is 0 Å². The third-order valence-corrected chi connectivity index (χ3v) is 4.49. The molecule has 0 atom stereocenters. The summed E-state index contributed by atoms with van der Waals surface area (Å²) in [5.74, 6) is 0. The van der Waals surface area contributed by atoms with Crippen molar-refractivity contribution in [1.29, 1.82) is 0 Å². The van der Waals surface area contributed by atoms with Gasteiger partial charge >= 0.3 is 6.09 Å². The lowest BCUT2D eigenvalue weighted by atomic mass is 10.2. The van der Waals surface area contributed by atoms with E-state index in [1.165, 1.54) is 6.07 Å². The number of rotatable bonds is 4. The second-order valence-corrected chi connectivity index (χ2v) is 8.31. The molecule has 2 aromatic rings. The van der Waals surface area contributed by atoms with Crippen molar-refractivity contribution in [2.75, 3.05) is 10.0 Å². The summed E-state index contributed by atoms with van der Waals surface area (Å²) in [7, 11) is -3.70. The van der Waals surface area contributed by atoms with Crippen molar-refractivity contribution in [3.05, 3.63) is 54.1 Å². The average Bonchev–Trinajstić information content (AvgIpc) is 2.45. The number of anilines is 2. The van der Waals surface area contributed by atoms with Gasteiger partial charge in [-0.25, -0.2) is 13.2 Å². The van der Waals surface area contributed by atoms with Gasteiger partial charge in [0.1, 0.15) is 5.60 Å². The standard InChI is InChI=1S/C18H22N2O4S/c1-13-8-10-16(11-9-13)25(22,23)20-15-7-5-6-14(12-15)19-17(21)24-18(2,3)4/h5-12,20H,1-4H3,(H,19,21). The molecule has 0 aliphatic heterocycles. The van der Waals surface area contributed by atoms with Crippen LogP contribution < -0.4 is 10.0 Å². The Morgan fingerprint density at radius 2 is 1.60 bits per heavy atom. The second-order valence-electron chi connectivity index (χ2n) is 6.63. The van der Waals surface area contributed by atoms with Gasteiger partial charge in [0.2, 0.25) is 0 Å². The Morgan fingerprint density at radius 1 is 1.00 bits per heavy atom. The smallest absolute Gasteiger partial charge is 0.412 e. The van der Waals surface area contributed by atoms with Gasteiger partial charge < -0.3 is 4.74 Å². The summed E-state index contributed by atoms with van der Waals surface area (Å²) < 4.78 is 32.5. The molecule has 0 radical (unpaired) electrons. The molecular weight excluding hydrogens is 340 g/mol. The molecule has 2 aromatic carbocycles. The van der Waals surface area contributed by atoms with Crippen LogP contribution in [0.4, 0.5) is 16.2 Å². The lowest BCUT2D eigenvalue weighted by molar-refractivity contribution is 0.0636. The predicted octanol–water partition coefficient (Wildman–Crippen LogP) is 4.14. The Morgan fingerprint density at radius 3 is 2.20 bits per heavy atom. The van der Waals surface area contributed by atoms with Gasteiger partial charge in [-0.15, -0.1) is 0 Å². The van der Waals surface area contributed by atoms with E-state index in [2.05, 4.69) is 10.0 Å². The summed E-state index contributed by atoms with van der Waals surface area (Å²) in [5.41, 5.74) is 1.13. The first-order chi connectivity index (χ1) is 11.5. The number of hydrogen-bond acceptors (Lipinski definition) is 4. The van der Waals surface area contributed by atoms with Gasteiger partial charge in [-0.3, -0.25) is 10.0 Å². The fourth-order valence-electron chi connectivity index (χ4n) is 2.01. The molecule has 1 amide bonds. The summed E-state index contributed by atoms with van der Waals surface area (Å²) in [5, 5.41) is 2.58. The molecule has 7 heteroatoms. The largest absolute Gasteiger partial charge is 0.444 e. The Hall–Kier alpha value is -2.54. The molecule has 0 aromatic heterocycles. The zero-order valence-electron chi connectivity index (χ0n) is 14.7. The number of nitrogens with one attached hydrogen (secondary N) is 2. The van der Waals surface area contributed by atoms with Gasteiger partial charge in [-0.1, -0.05) is 23.8 Å². The lowest BCUT2D eigenvalue weighted by Gasteiger charge is -2.19. The maximum atomic E-state index is 12.4. The first-order valence-corrected chi connectivity index (χ1v) is 9.23. The number of amides is 1. The highest BCUT2D eigenvalue weighted by Gasteiger charge is 2.17. The van der Waals surface area contributed by atoms with E-state index < -0.39 is 21.7 Å². The molecule has 0 saturated heterocycles. The van der Waals surface area contributed by atoms with Crippen LogP contribution in [0.5, 0.6) is 0 Å². The van der Waals surface area contributed by atoms with E-state index in [1.807, 2.05) is 6.92 Å².